The summed E-state index contributed by atoms with van der Waals surface area (Å²) in [5.74, 6) is 0.808. The lowest BCUT2D eigenvalue weighted by atomic mass is 10.2. The van der Waals surface area contributed by atoms with Crippen LogP contribution in [0.1, 0.15) is 11.3 Å². The van der Waals surface area contributed by atoms with E-state index >= 15 is 0 Å². The Labute approximate surface area is 117 Å². The molecule has 0 aliphatic carbocycles. The number of aromatic nitrogens is 3. The third-order valence-corrected chi connectivity index (χ3v) is 2.91. The van der Waals surface area contributed by atoms with Crippen LogP contribution >= 0.6 is 11.6 Å². The molecule has 1 aromatic heterocycles. The molecule has 102 valence electrons. The Morgan fingerprint density at radius 3 is 3.05 bits per heavy atom. The quantitative estimate of drug-likeness (QED) is 0.880. The Balaban J connectivity index is 1.87. The lowest BCUT2D eigenvalue weighted by Crippen LogP contribution is -2.09. The van der Waals surface area contributed by atoms with Gasteiger partial charge in [0.1, 0.15) is 12.4 Å². The van der Waals surface area contributed by atoms with Gasteiger partial charge in [0.25, 0.3) is 0 Å². The van der Waals surface area contributed by atoms with Gasteiger partial charge in [-0.15, -0.1) is 5.10 Å². The van der Waals surface area contributed by atoms with E-state index in [0.717, 1.165) is 17.0 Å². The van der Waals surface area contributed by atoms with E-state index in [1.54, 1.807) is 4.68 Å². The molecule has 0 amide bonds. The fourth-order valence-corrected chi connectivity index (χ4v) is 1.85. The van der Waals surface area contributed by atoms with Crippen molar-refractivity contribution in [2.75, 3.05) is 13.7 Å². The smallest absolute Gasteiger partial charge is 0.123 e. The van der Waals surface area contributed by atoms with E-state index in [1.807, 2.05) is 38.4 Å². The minimum atomic E-state index is 0.531. The largest absolute Gasteiger partial charge is 0.491 e. The first-order valence-electron chi connectivity index (χ1n) is 6.11. The van der Waals surface area contributed by atoms with Crippen LogP contribution in [0.2, 0.25) is 5.02 Å². The van der Waals surface area contributed by atoms with Crippen LogP contribution in [-0.4, -0.2) is 28.6 Å². The Morgan fingerprint density at radius 2 is 2.26 bits per heavy atom. The third kappa shape index (κ3) is 3.94. The molecule has 2 aromatic rings. The predicted molar refractivity (Wildman–Crippen MR) is 74.5 cm³/mol. The number of aryl methyl sites for hydroxylation is 1. The highest BCUT2D eigenvalue weighted by Gasteiger charge is 2.02. The summed E-state index contributed by atoms with van der Waals surface area (Å²) in [6.07, 6.45) is 1.91. The molecule has 0 aliphatic heterocycles. The standard InChI is InChI=1S/C13H17ClN4O/c1-10-3-4-11(14)7-13(10)19-6-5-18-9-12(8-15-2)16-17-18/h3-4,7,9,15H,5-6,8H2,1-2H3. The number of nitrogens with zero attached hydrogens (tertiary/aromatic N) is 3. The minimum absolute atomic E-state index is 0.531. The van der Waals surface area contributed by atoms with E-state index in [4.69, 9.17) is 16.3 Å². The van der Waals surface area contributed by atoms with Crippen molar-refractivity contribution in [2.45, 2.75) is 20.0 Å². The van der Waals surface area contributed by atoms with Gasteiger partial charge < -0.3 is 10.1 Å². The molecule has 0 bridgehead atoms. The predicted octanol–water partition coefficient (Wildman–Crippen LogP) is 2.04. The summed E-state index contributed by atoms with van der Waals surface area (Å²) in [5, 5.41) is 11.8. The van der Waals surface area contributed by atoms with Gasteiger partial charge in [0.05, 0.1) is 12.2 Å². The average Bonchev–Trinajstić information content (AvgIpc) is 2.82. The number of halogens is 1. The van der Waals surface area contributed by atoms with Crippen molar-refractivity contribution in [2.24, 2.45) is 0 Å². The van der Waals surface area contributed by atoms with Crippen molar-refractivity contribution in [3.8, 4) is 5.75 Å². The monoisotopic (exact) mass is 280 g/mol. The highest BCUT2D eigenvalue weighted by atomic mass is 35.5. The second kappa shape index (κ2) is 6.54. The Morgan fingerprint density at radius 1 is 1.42 bits per heavy atom. The van der Waals surface area contributed by atoms with Crippen LogP contribution < -0.4 is 10.1 Å². The van der Waals surface area contributed by atoms with Gasteiger partial charge in [0.15, 0.2) is 0 Å². The summed E-state index contributed by atoms with van der Waals surface area (Å²) in [5.41, 5.74) is 1.99. The van der Waals surface area contributed by atoms with Gasteiger partial charge in [0, 0.05) is 17.8 Å². The molecule has 0 unspecified atom stereocenters. The molecule has 0 saturated carbocycles. The van der Waals surface area contributed by atoms with Crippen LogP contribution in [0.15, 0.2) is 24.4 Å². The first-order chi connectivity index (χ1) is 9.19. The Hall–Kier alpha value is -1.59. The Kier molecular flexibility index (Phi) is 4.76. The van der Waals surface area contributed by atoms with Crippen LogP contribution in [0.25, 0.3) is 0 Å². The lowest BCUT2D eigenvalue weighted by Gasteiger charge is -2.09. The number of ether oxygens (including phenoxy) is 1. The van der Waals surface area contributed by atoms with Crippen molar-refractivity contribution in [3.63, 3.8) is 0 Å². The van der Waals surface area contributed by atoms with E-state index in [0.29, 0.717) is 24.7 Å². The number of hydrogen-bond acceptors (Lipinski definition) is 4. The first-order valence-corrected chi connectivity index (χ1v) is 6.49. The topological polar surface area (TPSA) is 52.0 Å². The summed E-state index contributed by atoms with van der Waals surface area (Å²) in [6.45, 7) is 3.90. The van der Waals surface area contributed by atoms with Crippen LogP contribution in [0.5, 0.6) is 5.75 Å². The van der Waals surface area contributed by atoms with Crippen molar-refractivity contribution >= 4 is 11.6 Å². The molecular formula is C13H17ClN4O. The van der Waals surface area contributed by atoms with Gasteiger partial charge in [-0.1, -0.05) is 22.9 Å². The van der Waals surface area contributed by atoms with E-state index in [9.17, 15) is 0 Å². The maximum Gasteiger partial charge on any atom is 0.123 e. The van der Waals surface area contributed by atoms with E-state index in [1.165, 1.54) is 0 Å². The molecule has 1 N–H and O–H groups in total. The number of benzene rings is 1. The number of nitrogens with one attached hydrogen (secondary N) is 1. The van der Waals surface area contributed by atoms with Gasteiger partial charge in [-0.25, -0.2) is 4.68 Å². The fourth-order valence-electron chi connectivity index (χ4n) is 1.69. The molecule has 0 spiro atoms. The molecule has 0 aliphatic rings. The molecule has 0 atom stereocenters. The first kappa shape index (κ1) is 13.8. The summed E-state index contributed by atoms with van der Waals surface area (Å²) in [7, 11) is 1.88. The van der Waals surface area contributed by atoms with Gasteiger partial charge in [-0.3, -0.25) is 0 Å². The second-order valence-electron chi connectivity index (χ2n) is 4.26. The fraction of sp³-hybridized carbons (Fsp3) is 0.385. The average molecular weight is 281 g/mol. The molecule has 0 fully saturated rings. The highest BCUT2D eigenvalue weighted by Crippen LogP contribution is 2.22. The zero-order valence-corrected chi connectivity index (χ0v) is 11.8. The molecular weight excluding hydrogens is 264 g/mol. The third-order valence-electron chi connectivity index (χ3n) is 2.67. The highest BCUT2D eigenvalue weighted by molar-refractivity contribution is 6.30. The van der Waals surface area contributed by atoms with Crippen LogP contribution in [0.3, 0.4) is 0 Å². The van der Waals surface area contributed by atoms with Gasteiger partial charge in [0.2, 0.25) is 0 Å². The summed E-state index contributed by atoms with van der Waals surface area (Å²) in [6, 6.07) is 5.62. The molecule has 0 saturated heterocycles. The van der Waals surface area contributed by atoms with Gasteiger partial charge in [-0.05, 0) is 31.7 Å². The summed E-state index contributed by atoms with van der Waals surface area (Å²) >= 11 is 5.94. The van der Waals surface area contributed by atoms with Gasteiger partial charge in [-0.2, -0.15) is 0 Å². The molecule has 5 nitrogen and oxygen atoms in total. The zero-order chi connectivity index (χ0) is 13.7. The molecule has 19 heavy (non-hydrogen) atoms. The number of hydrogen-bond donors (Lipinski definition) is 1. The van der Waals surface area contributed by atoms with E-state index in [-0.39, 0.29) is 0 Å². The van der Waals surface area contributed by atoms with Crippen LogP contribution in [0, 0.1) is 6.92 Å². The summed E-state index contributed by atoms with van der Waals surface area (Å²) < 4.78 is 7.47. The van der Waals surface area contributed by atoms with Gasteiger partial charge >= 0.3 is 0 Å². The van der Waals surface area contributed by atoms with Crippen molar-refractivity contribution in [1.29, 1.82) is 0 Å². The van der Waals surface area contributed by atoms with E-state index < -0.39 is 0 Å². The summed E-state index contributed by atoms with van der Waals surface area (Å²) in [4.78, 5) is 0. The lowest BCUT2D eigenvalue weighted by molar-refractivity contribution is 0.288. The van der Waals surface area contributed by atoms with E-state index in [2.05, 4.69) is 15.6 Å². The molecule has 0 radical (unpaired) electrons. The van der Waals surface area contributed by atoms with Crippen LogP contribution in [-0.2, 0) is 13.1 Å². The normalized spacial score (nSPS) is 10.7. The number of rotatable bonds is 6. The van der Waals surface area contributed by atoms with Crippen molar-refractivity contribution in [3.05, 3.63) is 40.7 Å². The Bertz CT molecular complexity index is 541. The maximum atomic E-state index is 5.94. The maximum absolute atomic E-state index is 5.94. The molecule has 6 heteroatoms. The minimum Gasteiger partial charge on any atom is -0.491 e. The molecule has 2 rings (SSSR count). The van der Waals surface area contributed by atoms with Crippen molar-refractivity contribution < 1.29 is 4.74 Å². The zero-order valence-electron chi connectivity index (χ0n) is 11.1. The molecule has 1 heterocycles. The molecule has 1 aromatic carbocycles. The SMILES string of the molecule is CNCc1cn(CCOc2cc(Cl)ccc2C)nn1. The van der Waals surface area contributed by atoms with Crippen molar-refractivity contribution in [1.82, 2.24) is 20.3 Å². The second-order valence-corrected chi connectivity index (χ2v) is 4.70. The van der Waals surface area contributed by atoms with Crippen LogP contribution in [0.4, 0.5) is 0 Å².